The molecule has 0 radical (unpaired) electrons. The molecule has 0 aromatic heterocycles. The number of fused-ring (bicyclic) bond motifs is 1. The lowest BCUT2D eigenvalue weighted by Crippen LogP contribution is -2.41. The number of aryl methyl sites for hydroxylation is 1. The van der Waals surface area contributed by atoms with Gasteiger partial charge in [-0.15, -0.1) is 0 Å². The van der Waals surface area contributed by atoms with Crippen molar-refractivity contribution in [2.45, 2.75) is 6.92 Å². The predicted molar refractivity (Wildman–Crippen MR) is 92.4 cm³/mol. The fourth-order valence-electron chi connectivity index (χ4n) is 2.60. The molecule has 2 aromatic carbocycles. The SMILES string of the molecule is Cc1ccc2c(c1)OC(=O)CN2CC(=O)Nc1cc([N+](=O)[O-])ccc1O. The van der Waals surface area contributed by atoms with Gasteiger partial charge in [-0.2, -0.15) is 0 Å². The summed E-state index contributed by atoms with van der Waals surface area (Å²) in [5.41, 5.74) is 1.16. The number of non-ortho nitro benzene ring substituents is 1. The topological polar surface area (TPSA) is 122 Å². The second-order valence-corrected chi connectivity index (χ2v) is 5.81. The minimum absolute atomic E-state index is 0.0760. The van der Waals surface area contributed by atoms with Gasteiger partial charge in [0.25, 0.3) is 5.69 Å². The van der Waals surface area contributed by atoms with E-state index >= 15 is 0 Å². The van der Waals surface area contributed by atoms with E-state index in [0.717, 1.165) is 23.8 Å². The number of aromatic hydroxyl groups is 1. The molecule has 1 amide bonds. The van der Waals surface area contributed by atoms with Crippen LogP contribution in [0.2, 0.25) is 0 Å². The van der Waals surface area contributed by atoms with Gasteiger partial charge in [-0.3, -0.25) is 14.9 Å². The molecule has 0 saturated heterocycles. The van der Waals surface area contributed by atoms with Crippen molar-refractivity contribution in [3.05, 3.63) is 52.1 Å². The molecule has 0 spiro atoms. The third kappa shape index (κ3) is 3.56. The van der Waals surface area contributed by atoms with Crippen LogP contribution in [0.5, 0.6) is 11.5 Å². The maximum atomic E-state index is 12.3. The number of nitrogens with zero attached hydrogens (tertiary/aromatic N) is 2. The lowest BCUT2D eigenvalue weighted by Gasteiger charge is -2.29. The van der Waals surface area contributed by atoms with Gasteiger partial charge in [0.15, 0.2) is 5.75 Å². The number of phenolic OH excluding ortho intramolecular Hbond substituents is 1. The van der Waals surface area contributed by atoms with Gasteiger partial charge in [-0.1, -0.05) is 6.07 Å². The van der Waals surface area contributed by atoms with E-state index in [9.17, 15) is 24.8 Å². The lowest BCUT2D eigenvalue weighted by molar-refractivity contribution is -0.384. The zero-order valence-corrected chi connectivity index (χ0v) is 13.8. The maximum Gasteiger partial charge on any atom is 0.331 e. The molecular weight excluding hydrogens is 342 g/mol. The van der Waals surface area contributed by atoms with Crippen molar-refractivity contribution in [2.24, 2.45) is 0 Å². The minimum Gasteiger partial charge on any atom is -0.506 e. The van der Waals surface area contributed by atoms with Crippen molar-refractivity contribution in [3.63, 3.8) is 0 Å². The summed E-state index contributed by atoms with van der Waals surface area (Å²) in [6.07, 6.45) is 0. The van der Waals surface area contributed by atoms with Gasteiger partial charge in [0.2, 0.25) is 5.91 Å². The third-order valence-electron chi connectivity index (χ3n) is 3.80. The fraction of sp³-hybridized carbons (Fsp3) is 0.176. The zero-order chi connectivity index (χ0) is 18.8. The number of hydrogen-bond donors (Lipinski definition) is 2. The summed E-state index contributed by atoms with van der Waals surface area (Å²) < 4.78 is 5.18. The van der Waals surface area contributed by atoms with Crippen LogP contribution in [0.4, 0.5) is 17.1 Å². The Hall–Kier alpha value is -3.62. The van der Waals surface area contributed by atoms with Crippen molar-refractivity contribution in [2.75, 3.05) is 23.3 Å². The number of hydrogen-bond acceptors (Lipinski definition) is 7. The summed E-state index contributed by atoms with van der Waals surface area (Å²) in [4.78, 5) is 35.8. The Morgan fingerprint density at radius 1 is 1.35 bits per heavy atom. The molecule has 0 unspecified atom stereocenters. The van der Waals surface area contributed by atoms with Gasteiger partial charge in [0, 0.05) is 12.1 Å². The minimum atomic E-state index is -0.631. The van der Waals surface area contributed by atoms with Crippen molar-refractivity contribution < 1.29 is 24.4 Å². The first-order valence-corrected chi connectivity index (χ1v) is 7.67. The molecule has 2 N–H and O–H groups in total. The Balaban J connectivity index is 1.78. The summed E-state index contributed by atoms with van der Waals surface area (Å²) in [6.45, 7) is 1.56. The highest BCUT2D eigenvalue weighted by molar-refractivity contribution is 5.97. The molecule has 3 rings (SSSR count). The molecule has 0 saturated carbocycles. The maximum absolute atomic E-state index is 12.3. The predicted octanol–water partition coefficient (Wildman–Crippen LogP) is 1.97. The molecule has 2 aromatic rings. The second kappa shape index (κ2) is 6.71. The van der Waals surface area contributed by atoms with E-state index < -0.39 is 16.8 Å². The van der Waals surface area contributed by atoms with Gasteiger partial charge < -0.3 is 20.1 Å². The average molecular weight is 357 g/mol. The number of anilines is 2. The number of amides is 1. The first-order valence-electron chi connectivity index (χ1n) is 7.67. The normalized spacial score (nSPS) is 13.0. The molecule has 0 atom stereocenters. The molecule has 0 aliphatic carbocycles. The van der Waals surface area contributed by atoms with Crippen molar-refractivity contribution in [1.29, 1.82) is 0 Å². The summed E-state index contributed by atoms with van der Waals surface area (Å²) in [7, 11) is 0. The Kier molecular flexibility index (Phi) is 4.44. The van der Waals surface area contributed by atoms with Crippen LogP contribution in [0.1, 0.15) is 5.56 Å². The largest absolute Gasteiger partial charge is 0.506 e. The molecule has 0 bridgehead atoms. The fourth-order valence-corrected chi connectivity index (χ4v) is 2.60. The molecule has 1 aliphatic heterocycles. The molecule has 26 heavy (non-hydrogen) atoms. The van der Waals surface area contributed by atoms with Crippen molar-refractivity contribution >= 4 is 28.9 Å². The Morgan fingerprint density at radius 2 is 2.12 bits per heavy atom. The number of esters is 1. The standard InChI is InChI=1S/C17H15N3O6/c1-10-2-4-13-15(6-10)26-17(23)9-19(13)8-16(22)18-12-7-11(20(24)25)3-5-14(12)21/h2-7,21H,8-9H2,1H3,(H,18,22). The van der Waals surface area contributed by atoms with Gasteiger partial charge in [-0.25, -0.2) is 4.79 Å². The molecule has 9 heteroatoms. The molecule has 9 nitrogen and oxygen atoms in total. The quantitative estimate of drug-likeness (QED) is 0.282. The van der Waals surface area contributed by atoms with E-state index in [0.29, 0.717) is 11.4 Å². The number of carbonyl (C=O) groups excluding carboxylic acids is 2. The third-order valence-corrected chi connectivity index (χ3v) is 3.80. The lowest BCUT2D eigenvalue weighted by atomic mass is 10.1. The van der Waals surface area contributed by atoms with E-state index in [-0.39, 0.29) is 30.2 Å². The van der Waals surface area contributed by atoms with Crippen molar-refractivity contribution in [3.8, 4) is 11.5 Å². The van der Waals surface area contributed by atoms with E-state index in [2.05, 4.69) is 5.32 Å². The number of nitro benzene ring substituents is 1. The Bertz CT molecular complexity index is 911. The molecule has 0 fully saturated rings. The van der Waals surface area contributed by atoms with Crippen LogP contribution in [0.25, 0.3) is 0 Å². The highest BCUT2D eigenvalue weighted by atomic mass is 16.6. The van der Waals surface area contributed by atoms with Crippen LogP contribution >= 0.6 is 0 Å². The van der Waals surface area contributed by atoms with Crippen LogP contribution in [-0.2, 0) is 9.59 Å². The van der Waals surface area contributed by atoms with Crippen LogP contribution < -0.4 is 15.0 Å². The summed E-state index contributed by atoms with van der Waals surface area (Å²) >= 11 is 0. The number of nitrogens with one attached hydrogen (secondary N) is 1. The van der Waals surface area contributed by atoms with Gasteiger partial charge in [0.1, 0.15) is 12.3 Å². The van der Waals surface area contributed by atoms with Gasteiger partial charge in [0.05, 0.1) is 22.8 Å². The first kappa shape index (κ1) is 17.2. The number of rotatable bonds is 4. The van der Waals surface area contributed by atoms with Crippen LogP contribution in [0.15, 0.2) is 36.4 Å². The Morgan fingerprint density at radius 3 is 2.85 bits per heavy atom. The smallest absolute Gasteiger partial charge is 0.331 e. The monoisotopic (exact) mass is 357 g/mol. The summed E-state index contributed by atoms with van der Waals surface area (Å²) in [5.74, 6) is -0.957. The van der Waals surface area contributed by atoms with Gasteiger partial charge in [-0.05, 0) is 30.7 Å². The number of nitro groups is 1. The van der Waals surface area contributed by atoms with E-state index in [1.54, 1.807) is 12.1 Å². The highest BCUT2D eigenvalue weighted by Crippen LogP contribution is 2.33. The Labute approximate surface area is 148 Å². The number of benzene rings is 2. The number of carbonyl (C=O) groups is 2. The molecule has 134 valence electrons. The summed E-state index contributed by atoms with van der Waals surface area (Å²) in [6, 6.07) is 8.59. The average Bonchev–Trinajstić information content (AvgIpc) is 2.56. The van der Waals surface area contributed by atoms with Crippen molar-refractivity contribution in [1.82, 2.24) is 0 Å². The number of phenols is 1. The summed E-state index contributed by atoms with van der Waals surface area (Å²) in [5, 5.41) is 23.0. The zero-order valence-electron chi connectivity index (χ0n) is 13.8. The first-order chi connectivity index (χ1) is 12.3. The van der Waals surface area contributed by atoms with Crippen LogP contribution in [0.3, 0.4) is 0 Å². The van der Waals surface area contributed by atoms with Crippen LogP contribution in [0, 0.1) is 17.0 Å². The van der Waals surface area contributed by atoms with Crippen LogP contribution in [-0.4, -0.2) is 35.0 Å². The van der Waals surface area contributed by atoms with E-state index in [1.165, 1.54) is 4.90 Å². The van der Waals surface area contributed by atoms with Gasteiger partial charge >= 0.3 is 5.97 Å². The molecule has 1 aliphatic rings. The molecular formula is C17H15N3O6. The van der Waals surface area contributed by atoms with E-state index in [1.807, 2.05) is 13.0 Å². The number of ether oxygens (including phenoxy) is 1. The highest BCUT2D eigenvalue weighted by Gasteiger charge is 2.26. The van der Waals surface area contributed by atoms with E-state index in [4.69, 9.17) is 4.74 Å². The molecule has 1 heterocycles. The second-order valence-electron chi connectivity index (χ2n) is 5.81.